The summed E-state index contributed by atoms with van der Waals surface area (Å²) in [5.41, 5.74) is 0.942. The molecule has 3 N–H and O–H groups in total. The quantitative estimate of drug-likeness (QED) is 0.593. The van der Waals surface area contributed by atoms with Gasteiger partial charge in [-0.3, -0.25) is 15.3 Å². The average molecular weight is 310 g/mol. The standard InChI is InChI=1S/C13H15N5O2.ClH/c1-15-13(14)18(12(19)9-7-16-17-8-9)10-3-5-11(20-2)6-4-10;/h3-8H,1-2H3,(H2,14,15)(H,16,17);1H. The minimum absolute atomic E-state index is 0. The molecule has 0 aliphatic rings. The van der Waals surface area contributed by atoms with Crippen LogP contribution in [0, 0.1) is 5.41 Å². The van der Waals surface area contributed by atoms with Gasteiger partial charge in [0.2, 0.25) is 5.96 Å². The maximum atomic E-state index is 12.4. The van der Waals surface area contributed by atoms with Crippen LogP contribution in [-0.4, -0.2) is 36.2 Å². The van der Waals surface area contributed by atoms with Crippen molar-refractivity contribution in [2.24, 2.45) is 0 Å². The van der Waals surface area contributed by atoms with E-state index in [-0.39, 0.29) is 24.3 Å². The maximum Gasteiger partial charge on any atom is 0.268 e. The first-order valence-electron chi connectivity index (χ1n) is 5.91. The number of guanidine groups is 1. The molecule has 0 atom stereocenters. The third kappa shape index (κ3) is 3.51. The number of H-pyrrole nitrogens is 1. The molecule has 1 aromatic heterocycles. The van der Waals surface area contributed by atoms with E-state index < -0.39 is 0 Å². The van der Waals surface area contributed by atoms with Gasteiger partial charge in [-0.15, -0.1) is 12.4 Å². The van der Waals surface area contributed by atoms with Gasteiger partial charge in [0, 0.05) is 13.2 Å². The SMILES string of the molecule is CNC(=N)N(C(=O)c1cn[nH]c1)c1ccc(OC)cc1.Cl. The lowest BCUT2D eigenvalue weighted by Crippen LogP contribution is -2.43. The summed E-state index contributed by atoms with van der Waals surface area (Å²) >= 11 is 0. The summed E-state index contributed by atoms with van der Waals surface area (Å²) in [6.07, 6.45) is 2.91. The fourth-order valence-corrected chi connectivity index (χ4v) is 1.69. The van der Waals surface area contributed by atoms with Crippen molar-refractivity contribution in [2.75, 3.05) is 19.1 Å². The third-order valence-electron chi connectivity index (χ3n) is 2.74. The van der Waals surface area contributed by atoms with Gasteiger partial charge in [-0.05, 0) is 24.3 Å². The lowest BCUT2D eigenvalue weighted by molar-refractivity contribution is 0.100. The maximum absolute atomic E-state index is 12.4. The van der Waals surface area contributed by atoms with Gasteiger partial charge in [-0.2, -0.15) is 5.10 Å². The molecule has 21 heavy (non-hydrogen) atoms. The van der Waals surface area contributed by atoms with Gasteiger partial charge in [0.15, 0.2) is 0 Å². The van der Waals surface area contributed by atoms with Crippen molar-refractivity contribution < 1.29 is 9.53 Å². The number of rotatable bonds is 3. The number of amides is 1. The van der Waals surface area contributed by atoms with E-state index in [1.165, 1.54) is 17.3 Å². The molecule has 112 valence electrons. The van der Waals surface area contributed by atoms with Crippen LogP contribution in [0.2, 0.25) is 0 Å². The second-order valence-corrected chi connectivity index (χ2v) is 3.92. The van der Waals surface area contributed by atoms with Gasteiger partial charge in [0.1, 0.15) is 5.75 Å². The second-order valence-electron chi connectivity index (χ2n) is 3.92. The largest absolute Gasteiger partial charge is 0.497 e. The lowest BCUT2D eigenvalue weighted by Gasteiger charge is -2.22. The zero-order valence-electron chi connectivity index (χ0n) is 11.6. The number of aromatic nitrogens is 2. The number of aromatic amines is 1. The average Bonchev–Trinajstić information content (AvgIpc) is 3.02. The number of carbonyl (C=O) groups excluding carboxylic acids is 1. The highest BCUT2D eigenvalue weighted by Gasteiger charge is 2.22. The molecule has 0 saturated carbocycles. The van der Waals surface area contributed by atoms with E-state index in [1.54, 1.807) is 38.4 Å². The lowest BCUT2D eigenvalue weighted by atomic mass is 10.2. The zero-order chi connectivity index (χ0) is 14.5. The van der Waals surface area contributed by atoms with E-state index in [0.29, 0.717) is 17.0 Å². The number of benzene rings is 1. The van der Waals surface area contributed by atoms with Crippen molar-refractivity contribution in [3.63, 3.8) is 0 Å². The molecule has 1 heterocycles. The summed E-state index contributed by atoms with van der Waals surface area (Å²) in [5.74, 6) is 0.310. The number of ether oxygens (including phenoxy) is 1. The predicted molar refractivity (Wildman–Crippen MR) is 82.4 cm³/mol. The second kappa shape index (κ2) is 7.30. The summed E-state index contributed by atoms with van der Waals surface area (Å²) in [6.45, 7) is 0. The van der Waals surface area contributed by atoms with Crippen molar-refractivity contribution in [3.05, 3.63) is 42.2 Å². The van der Waals surface area contributed by atoms with Crippen LogP contribution in [0.15, 0.2) is 36.7 Å². The Morgan fingerprint density at radius 3 is 2.52 bits per heavy atom. The first-order chi connectivity index (χ1) is 9.67. The highest BCUT2D eigenvalue weighted by Crippen LogP contribution is 2.20. The van der Waals surface area contributed by atoms with E-state index in [9.17, 15) is 4.79 Å². The Bertz CT molecular complexity index is 598. The number of nitrogens with zero attached hydrogens (tertiary/aromatic N) is 2. The molecule has 0 aliphatic heterocycles. The Morgan fingerprint density at radius 2 is 2.05 bits per heavy atom. The molecule has 0 unspecified atom stereocenters. The molecule has 0 aliphatic carbocycles. The Balaban J connectivity index is 0.00000220. The summed E-state index contributed by atoms with van der Waals surface area (Å²) < 4.78 is 5.08. The molecule has 1 amide bonds. The van der Waals surface area contributed by atoms with Crippen molar-refractivity contribution in [2.45, 2.75) is 0 Å². The topological polar surface area (TPSA) is 94.1 Å². The van der Waals surface area contributed by atoms with Crippen LogP contribution >= 0.6 is 12.4 Å². The Labute approximate surface area is 128 Å². The summed E-state index contributed by atoms with van der Waals surface area (Å²) in [6, 6.07) is 6.88. The van der Waals surface area contributed by atoms with Crippen molar-refractivity contribution in [1.82, 2.24) is 15.5 Å². The molecule has 0 fully saturated rings. The van der Waals surface area contributed by atoms with Crippen molar-refractivity contribution >= 4 is 30.0 Å². The van der Waals surface area contributed by atoms with Crippen LogP contribution in [0.3, 0.4) is 0 Å². The molecule has 2 rings (SSSR count). The fraction of sp³-hybridized carbons (Fsp3) is 0.154. The summed E-state index contributed by atoms with van der Waals surface area (Å²) in [7, 11) is 3.15. The summed E-state index contributed by atoms with van der Waals surface area (Å²) in [5, 5.41) is 16.9. The minimum Gasteiger partial charge on any atom is -0.497 e. The van der Waals surface area contributed by atoms with Gasteiger partial charge in [0.05, 0.1) is 24.6 Å². The number of halogens is 1. The first kappa shape index (κ1) is 16.5. The number of methoxy groups -OCH3 is 1. The van der Waals surface area contributed by atoms with Gasteiger partial charge < -0.3 is 10.1 Å². The normalized spacial score (nSPS) is 9.43. The van der Waals surface area contributed by atoms with Crippen LogP contribution in [0.4, 0.5) is 5.69 Å². The third-order valence-corrected chi connectivity index (χ3v) is 2.74. The fourth-order valence-electron chi connectivity index (χ4n) is 1.69. The van der Waals surface area contributed by atoms with E-state index in [1.807, 2.05) is 0 Å². The van der Waals surface area contributed by atoms with Gasteiger partial charge in [-0.1, -0.05) is 0 Å². The Kier molecular flexibility index (Phi) is 5.74. The highest BCUT2D eigenvalue weighted by atomic mass is 35.5. The molecular weight excluding hydrogens is 294 g/mol. The number of hydrogen-bond acceptors (Lipinski definition) is 4. The van der Waals surface area contributed by atoms with E-state index in [4.69, 9.17) is 10.1 Å². The van der Waals surface area contributed by atoms with Crippen molar-refractivity contribution in [3.8, 4) is 5.75 Å². The van der Waals surface area contributed by atoms with Gasteiger partial charge in [-0.25, -0.2) is 4.90 Å². The van der Waals surface area contributed by atoms with E-state index in [2.05, 4.69) is 15.5 Å². The molecule has 8 heteroatoms. The molecule has 0 bridgehead atoms. The number of carbonyl (C=O) groups is 1. The van der Waals surface area contributed by atoms with Crippen molar-refractivity contribution in [1.29, 1.82) is 5.41 Å². The molecule has 1 aromatic carbocycles. The number of nitrogens with one attached hydrogen (secondary N) is 3. The molecule has 0 spiro atoms. The molecular formula is C13H16ClN5O2. The minimum atomic E-state index is -0.344. The van der Waals surface area contributed by atoms with E-state index in [0.717, 1.165) is 0 Å². The van der Waals surface area contributed by atoms with Crippen LogP contribution in [0.25, 0.3) is 0 Å². The first-order valence-corrected chi connectivity index (χ1v) is 5.91. The monoisotopic (exact) mass is 309 g/mol. The number of anilines is 1. The van der Waals surface area contributed by atoms with Crippen LogP contribution in [-0.2, 0) is 0 Å². The van der Waals surface area contributed by atoms with Crippen LogP contribution in [0.1, 0.15) is 10.4 Å². The smallest absolute Gasteiger partial charge is 0.268 e. The summed E-state index contributed by atoms with van der Waals surface area (Å²) in [4.78, 5) is 13.7. The highest BCUT2D eigenvalue weighted by molar-refractivity contribution is 6.21. The zero-order valence-corrected chi connectivity index (χ0v) is 12.4. The molecule has 0 radical (unpaired) electrons. The van der Waals surface area contributed by atoms with E-state index >= 15 is 0 Å². The van der Waals surface area contributed by atoms with Crippen LogP contribution < -0.4 is 15.0 Å². The Hall–Kier alpha value is -2.54. The predicted octanol–water partition coefficient (Wildman–Crippen LogP) is 1.64. The van der Waals surface area contributed by atoms with Gasteiger partial charge in [0.25, 0.3) is 5.91 Å². The molecule has 0 saturated heterocycles. The Morgan fingerprint density at radius 1 is 1.38 bits per heavy atom. The van der Waals surface area contributed by atoms with Crippen LogP contribution in [0.5, 0.6) is 5.75 Å². The molecule has 7 nitrogen and oxygen atoms in total. The molecule has 2 aromatic rings. The number of hydrogen-bond donors (Lipinski definition) is 3. The van der Waals surface area contributed by atoms with Gasteiger partial charge >= 0.3 is 0 Å².